The summed E-state index contributed by atoms with van der Waals surface area (Å²) in [6.07, 6.45) is 32.0. The van der Waals surface area contributed by atoms with Gasteiger partial charge in [0.1, 0.15) is 0 Å². The second kappa shape index (κ2) is 17.2. The maximum atomic E-state index is 13.8. The normalized spacial score (nSPS) is 46.2. The molecule has 8 rings (SSSR count). The lowest BCUT2D eigenvalue weighted by atomic mass is 9.47. The number of hydrogen-bond donors (Lipinski definition) is 1. The Kier molecular flexibility index (Phi) is 13.2. The second-order valence-corrected chi connectivity index (χ2v) is 26.3. The molecule has 8 aliphatic rings. The summed E-state index contributed by atoms with van der Waals surface area (Å²) >= 11 is 0. The van der Waals surface area contributed by atoms with Crippen LogP contribution in [0.15, 0.2) is 23.3 Å². The first-order chi connectivity index (χ1) is 27.9. The van der Waals surface area contributed by atoms with Gasteiger partial charge in [0, 0.05) is 0 Å². The lowest BCUT2D eigenvalue weighted by Gasteiger charge is -2.58. The van der Waals surface area contributed by atoms with Crippen LogP contribution in [0.25, 0.3) is 0 Å². The minimum Gasteiger partial charge on any atom is -0.302 e. The van der Waals surface area contributed by atoms with Crippen molar-refractivity contribution in [3.63, 3.8) is 0 Å². The highest BCUT2D eigenvalue weighted by atomic mass is 31.2. The van der Waals surface area contributed by atoms with Gasteiger partial charge in [-0.15, -0.1) is 0 Å². The summed E-state index contributed by atoms with van der Waals surface area (Å²) in [7, 11) is -4.19. The van der Waals surface area contributed by atoms with E-state index in [1.165, 1.54) is 114 Å². The van der Waals surface area contributed by atoms with Crippen molar-refractivity contribution in [3.8, 4) is 0 Å². The predicted molar refractivity (Wildman–Crippen MR) is 246 cm³/mol. The van der Waals surface area contributed by atoms with E-state index in [0.717, 1.165) is 110 Å². The molecule has 0 bridgehead atoms. The first-order valence-corrected chi connectivity index (χ1v) is 27.5. The van der Waals surface area contributed by atoms with Gasteiger partial charge in [0.2, 0.25) is 0 Å². The molecular formula is C54H91O4P. The van der Waals surface area contributed by atoms with Gasteiger partial charge in [-0.05, 0) is 195 Å². The van der Waals surface area contributed by atoms with Crippen LogP contribution in [0.1, 0.15) is 210 Å². The minimum atomic E-state index is -4.19. The molecule has 1 unspecified atom stereocenters. The molecule has 6 fully saturated rings. The highest BCUT2D eigenvalue weighted by molar-refractivity contribution is 7.47. The van der Waals surface area contributed by atoms with Crippen LogP contribution in [0.2, 0.25) is 0 Å². The van der Waals surface area contributed by atoms with E-state index in [-0.39, 0.29) is 23.0 Å². The lowest BCUT2D eigenvalue weighted by molar-refractivity contribution is -0.0615. The van der Waals surface area contributed by atoms with Gasteiger partial charge in [-0.25, -0.2) is 4.57 Å². The van der Waals surface area contributed by atoms with Crippen molar-refractivity contribution in [1.29, 1.82) is 0 Å². The van der Waals surface area contributed by atoms with Crippen LogP contribution in [-0.4, -0.2) is 17.1 Å². The Bertz CT molecular complexity index is 1490. The minimum absolute atomic E-state index is 0.201. The topological polar surface area (TPSA) is 55.8 Å². The molecular weight excluding hydrogens is 744 g/mol. The lowest BCUT2D eigenvalue weighted by Crippen LogP contribution is -2.51. The molecule has 1 N–H and O–H groups in total. The molecule has 5 heteroatoms. The Hall–Kier alpha value is -0.410. The molecule has 0 heterocycles. The summed E-state index contributed by atoms with van der Waals surface area (Å²) in [6.45, 7) is 25.1. The average Bonchev–Trinajstić information content (AvgIpc) is 3.71. The van der Waals surface area contributed by atoms with Gasteiger partial charge in [0.15, 0.2) is 0 Å². The molecule has 59 heavy (non-hydrogen) atoms. The zero-order valence-electron chi connectivity index (χ0n) is 39.9. The Balaban J connectivity index is 0.855. The molecule has 0 aromatic heterocycles. The third-order valence-electron chi connectivity index (χ3n) is 21.1. The summed E-state index contributed by atoms with van der Waals surface area (Å²) in [4.78, 5) is 11.3. The molecule has 6 saturated carbocycles. The van der Waals surface area contributed by atoms with E-state index in [0.29, 0.717) is 10.8 Å². The molecule has 0 aliphatic heterocycles. The molecule has 17 atom stereocenters. The van der Waals surface area contributed by atoms with Gasteiger partial charge >= 0.3 is 7.82 Å². The molecule has 4 nitrogen and oxygen atoms in total. The SMILES string of the molecule is CC(C)CCC[C@@H](C)[C@@H]1CC[C@@H]2[C@H]3CC=C4C[C@@H](OP(=O)(O)O[C@H]5CC[C@]6(C)C(=CC[C@@H]7[C@H]6CC[C@]6(C)[C@H]7CC[C@H]6[C@@H](C)CCCC(C)C)C5)CC[C@]4(C)[C@@H]3CC[C@@]21C. The number of fused-ring (bicyclic) bond motifs is 10. The highest BCUT2D eigenvalue weighted by Crippen LogP contribution is 2.70. The van der Waals surface area contributed by atoms with Gasteiger partial charge in [-0.2, -0.15) is 0 Å². The maximum Gasteiger partial charge on any atom is 0.472 e. The van der Waals surface area contributed by atoms with Crippen LogP contribution in [-0.2, 0) is 13.6 Å². The molecule has 0 spiro atoms. The quantitative estimate of drug-likeness (QED) is 0.140. The molecule has 0 saturated heterocycles. The Morgan fingerprint density at radius 3 is 1.37 bits per heavy atom. The Morgan fingerprint density at radius 2 is 0.983 bits per heavy atom. The third-order valence-corrected chi connectivity index (χ3v) is 22.2. The van der Waals surface area contributed by atoms with Crippen LogP contribution in [0.3, 0.4) is 0 Å². The van der Waals surface area contributed by atoms with E-state index in [4.69, 9.17) is 9.05 Å². The number of phosphoric ester groups is 1. The van der Waals surface area contributed by atoms with Crippen LogP contribution in [0, 0.1) is 92.7 Å². The number of hydrogen-bond acceptors (Lipinski definition) is 3. The van der Waals surface area contributed by atoms with Crippen LogP contribution in [0.5, 0.6) is 0 Å². The third kappa shape index (κ3) is 8.40. The molecule has 8 aliphatic carbocycles. The largest absolute Gasteiger partial charge is 0.472 e. The first-order valence-electron chi connectivity index (χ1n) is 26.0. The van der Waals surface area contributed by atoms with Crippen molar-refractivity contribution in [2.75, 3.05) is 0 Å². The summed E-state index contributed by atoms with van der Waals surface area (Å²) in [5.74, 6) is 9.84. The van der Waals surface area contributed by atoms with Crippen molar-refractivity contribution >= 4 is 7.82 Å². The zero-order valence-corrected chi connectivity index (χ0v) is 40.8. The van der Waals surface area contributed by atoms with Crippen molar-refractivity contribution in [3.05, 3.63) is 23.3 Å². The first kappa shape index (κ1) is 45.2. The van der Waals surface area contributed by atoms with E-state index in [1.807, 2.05) is 0 Å². The fourth-order valence-corrected chi connectivity index (χ4v) is 19.0. The standard InChI is InChI=1S/C54H91O4P/c1-35(2)13-11-15-37(5)45-21-23-47-43-19-17-39-33-41(25-29-51(39,7)49(43)27-31-53(45,47)9)57-59(55,56)58-42-26-30-52(8)40(34-42)18-20-44-48-24-22-46(38(6)16-12-14-36(3)4)54(48,10)32-28-50(44)52/h17-18,35-38,41-50H,11-16,19-34H2,1-10H3,(H,55,56)/t37-,38+,41-,42-,43-,44+,45-,46-,47-,48+,49+,50+,51+,52-,53-,54+/m0/s1. The van der Waals surface area contributed by atoms with Gasteiger partial charge in [-0.3, -0.25) is 9.05 Å². The summed E-state index contributed by atoms with van der Waals surface area (Å²) in [5.41, 5.74) is 4.43. The predicted octanol–water partition coefficient (Wildman–Crippen LogP) is 15.9. The van der Waals surface area contributed by atoms with Crippen molar-refractivity contribution < 1.29 is 18.5 Å². The number of rotatable bonds is 14. The van der Waals surface area contributed by atoms with E-state index in [9.17, 15) is 9.46 Å². The van der Waals surface area contributed by atoms with Crippen molar-refractivity contribution in [2.24, 2.45) is 92.7 Å². The fraction of sp³-hybridized carbons (Fsp3) is 0.926. The summed E-state index contributed by atoms with van der Waals surface area (Å²) in [6, 6.07) is 0. The Labute approximate surface area is 363 Å². The van der Waals surface area contributed by atoms with Gasteiger partial charge in [-0.1, -0.05) is 131 Å². The van der Waals surface area contributed by atoms with E-state index >= 15 is 0 Å². The monoisotopic (exact) mass is 835 g/mol. The molecule has 0 amide bonds. The second-order valence-electron chi connectivity index (χ2n) is 25.0. The van der Waals surface area contributed by atoms with Crippen molar-refractivity contribution in [2.45, 2.75) is 223 Å². The average molecular weight is 835 g/mol. The van der Waals surface area contributed by atoms with E-state index in [2.05, 4.69) is 81.4 Å². The Morgan fingerprint density at radius 1 is 0.576 bits per heavy atom. The number of allylic oxidation sites excluding steroid dienone is 2. The van der Waals surface area contributed by atoms with Crippen molar-refractivity contribution in [1.82, 2.24) is 0 Å². The molecule has 0 aromatic rings. The zero-order chi connectivity index (χ0) is 42.1. The number of phosphoric acid groups is 1. The smallest absolute Gasteiger partial charge is 0.302 e. The maximum absolute atomic E-state index is 13.8. The molecule has 0 radical (unpaired) electrons. The van der Waals surface area contributed by atoms with E-state index < -0.39 is 7.82 Å². The van der Waals surface area contributed by atoms with Crippen LogP contribution in [0.4, 0.5) is 0 Å². The van der Waals surface area contributed by atoms with E-state index in [1.54, 1.807) is 0 Å². The summed E-state index contributed by atoms with van der Waals surface area (Å²) < 4.78 is 26.2. The van der Waals surface area contributed by atoms with Gasteiger partial charge < -0.3 is 4.89 Å². The molecule has 336 valence electrons. The summed E-state index contributed by atoms with van der Waals surface area (Å²) in [5, 5.41) is 0. The van der Waals surface area contributed by atoms with Gasteiger partial charge in [0.25, 0.3) is 0 Å². The molecule has 0 aromatic carbocycles. The fourth-order valence-electron chi connectivity index (χ4n) is 17.9. The van der Waals surface area contributed by atoms with Gasteiger partial charge in [0.05, 0.1) is 12.2 Å². The van der Waals surface area contributed by atoms with Crippen LogP contribution >= 0.6 is 7.82 Å². The highest BCUT2D eigenvalue weighted by Gasteiger charge is 2.61. The van der Waals surface area contributed by atoms with Crippen LogP contribution < -0.4 is 0 Å².